The number of hydrogen-bond donors (Lipinski definition) is 2. The number of para-hydroxylation sites is 1. The van der Waals surface area contributed by atoms with E-state index in [1.165, 1.54) is 0 Å². The minimum absolute atomic E-state index is 0.0651. The predicted octanol–water partition coefficient (Wildman–Crippen LogP) is -0.386. The Morgan fingerprint density at radius 3 is 2.91 bits per heavy atom. The van der Waals surface area contributed by atoms with Crippen LogP contribution in [0.5, 0.6) is 0 Å². The van der Waals surface area contributed by atoms with Gasteiger partial charge in [-0.2, -0.15) is 0 Å². The van der Waals surface area contributed by atoms with E-state index < -0.39 is 9.84 Å². The standard InChI is InChI=1S/C15H19N3O3S2/c1-18(8-14(19)16-11-6-7-23(20,21)10-11)9-15-17-12-4-2-3-5-13(12)22-15/h2-5,11H,6-10H2,1H3,(H,16,19)/p+1/t11-/m1/s1. The van der Waals surface area contributed by atoms with E-state index in [-0.39, 0.29) is 23.5 Å². The van der Waals surface area contributed by atoms with E-state index >= 15 is 0 Å². The van der Waals surface area contributed by atoms with E-state index in [9.17, 15) is 13.2 Å². The molecule has 0 bridgehead atoms. The average Bonchev–Trinajstić information content (AvgIpc) is 3.00. The van der Waals surface area contributed by atoms with Gasteiger partial charge in [0.05, 0.1) is 28.8 Å². The summed E-state index contributed by atoms with van der Waals surface area (Å²) in [5.41, 5.74) is 0.987. The average molecular weight is 354 g/mol. The number of carbonyl (C=O) groups excluding carboxylic acids is 1. The maximum atomic E-state index is 12.0. The largest absolute Gasteiger partial charge is 0.347 e. The van der Waals surface area contributed by atoms with Gasteiger partial charge in [-0.1, -0.05) is 12.1 Å². The second-order valence-electron chi connectivity index (χ2n) is 6.05. The Hall–Kier alpha value is -1.51. The van der Waals surface area contributed by atoms with Crippen LogP contribution in [-0.4, -0.2) is 50.4 Å². The molecule has 23 heavy (non-hydrogen) atoms. The number of amides is 1. The fourth-order valence-electron chi connectivity index (χ4n) is 2.78. The number of nitrogens with zero attached hydrogens (tertiary/aromatic N) is 1. The molecule has 6 nitrogen and oxygen atoms in total. The molecule has 1 amide bonds. The molecule has 1 aromatic carbocycles. The van der Waals surface area contributed by atoms with Crippen molar-refractivity contribution in [2.45, 2.75) is 19.0 Å². The van der Waals surface area contributed by atoms with Crippen molar-refractivity contribution in [3.05, 3.63) is 29.3 Å². The Kier molecular flexibility index (Phi) is 4.65. The third-order valence-electron chi connectivity index (χ3n) is 3.85. The fourth-order valence-corrected chi connectivity index (χ4v) is 5.53. The van der Waals surface area contributed by atoms with Gasteiger partial charge in [0.15, 0.2) is 16.4 Å². The molecular weight excluding hydrogens is 334 g/mol. The van der Waals surface area contributed by atoms with Gasteiger partial charge in [-0.3, -0.25) is 4.79 Å². The van der Waals surface area contributed by atoms with E-state index in [2.05, 4.69) is 10.3 Å². The number of quaternary nitrogens is 1. The van der Waals surface area contributed by atoms with Crippen LogP contribution in [0.2, 0.25) is 0 Å². The van der Waals surface area contributed by atoms with Crippen LogP contribution in [0.1, 0.15) is 11.4 Å². The first kappa shape index (κ1) is 16.4. The lowest BCUT2D eigenvalue weighted by atomic mass is 10.2. The number of hydrogen-bond acceptors (Lipinski definition) is 5. The zero-order valence-electron chi connectivity index (χ0n) is 12.9. The lowest BCUT2D eigenvalue weighted by Crippen LogP contribution is -3.09. The van der Waals surface area contributed by atoms with Gasteiger partial charge in [-0.15, -0.1) is 11.3 Å². The molecule has 1 aliphatic heterocycles. The quantitative estimate of drug-likeness (QED) is 0.767. The van der Waals surface area contributed by atoms with Crippen molar-refractivity contribution in [1.82, 2.24) is 10.3 Å². The van der Waals surface area contributed by atoms with Gasteiger partial charge >= 0.3 is 0 Å². The highest BCUT2D eigenvalue weighted by Gasteiger charge is 2.29. The molecule has 3 rings (SSSR count). The minimum Gasteiger partial charge on any atom is -0.347 e. The van der Waals surface area contributed by atoms with Crippen LogP contribution >= 0.6 is 11.3 Å². The third kappa shape index (κ3) is 4.27. The topological polar surface area (TPSA) is 80.6 Å². The van der Waals surface area contributed by atoms with Gasteiger partial charge in [0.2, 0.25) is 0 Å². The van der Waals surface area contributed by atoms with E-state index in [4.69, 9.17) is 0 Å². The number of fused-ring (bicyclic) bond motifs is 1. The van der Waals surface area contributed by atoms with E-state index in [0.717, 1.165) is 20.1 Å². The van der Waals surface area contributed by atoms with E-state index in [1.54, 1.807) is 11.3 Å². The number of rotatable bonds is 5. The van der Waals surface area contributed by atoms with Crippen molar-refractivity contribution in [3.8, 4) is 0 Å². The Bertz CT molecular complexity index is 783. The van der Waals surface area contributed by atoms with Gasteiger partial charge in [-0.25, -0.2) is 13.4 Å². The summed E-state index contributed by atoms with van der Waals surface area (Å²) in [6.07, 6.45) is 0.519. The molecule has 0 spiro atoms. The number of likely N-dealkylation sites (N-methyl/N-ethyl adjacent to an activating group) is 1. The summed E-state index contributed by atoms with van der Waals surface area (Å²) < 4.78 is 24.0. The zero-order chi connectivity index (χ0) is 16.4. The molecule has 0 aliphatic carbocycles. The Morgan fingerprint density at radius 1 is 1.43 bits per heavy atom. The summed E-state index contributed by atoms with van der Waals surface area (Å²) in [6.45, 7) is 0.988. The monoisotopic (exact) mass is 354 g/mol. The second kappa shape index (κ2) is 6.54. The number of nitrogens with one attached hydrogen (secondary N) is 2. The van der Waals surface area contributed by atoms with Crippen LogP contribution in [-0.2, 0) is 21.2 Å². The molecule has 0 radical (unpaired) electrons. The maximum absolute atomic E-state index is 12.0. The maximum Gasteiger partial charge on any atom is 0.275 e. The molecule has 1 saturated heterocycles. The summed E-state index contributed by atoms with van der Waals surface area (Å²) in [6, 6.07) is 7.75. The molecule has 1 aromatic heterocycles. The Balaban J connectivity index is 1.52. The van der Waals surface area contributed by atoms with Crippen LogP contribution in [0.15, 0.2) is 24.3 Å². The first-order valence-electron chi connectivity index (χ1n) is 7.57. The summed E-state index contributed by atoms with van der Waals surface area (Å²) >= 11 is 1.64. The summed E-state index contributed by atoms with van der Waals surface area (Å²) in [5.74, 6) is 0.132. The van der Waals surface area contributed by atoms with Crippen molar-refractivity contribution in [3.63, 3.8) is 0 Å². The molecule has 1 fully saturated rings. The molecule has 2 atom stereocenters. The van der Waals surface area contributed by atoms with E-state index in [0.29, 0.717) is 19.5 Å². The Labute approximate surface area is 139 Å². The van der Waals surface area contributed by atoms with Gasteiger partial charge < -0.3 is 10.2 Å². The van der Waals surface area contributed by atoms with Crippen molar-refractivity contribution < 1.29 is 18.1 Å². The number of aromatic nitrogens is 1. The molecule has 2 N–H and O–H groups in total. The molecule has 8 heteroatoms. The first-order valence-corrected chi connectivity index (χ1v) is 10.2. The molecule has 1 aliphatic rings. The number of benzene rings is 1. The van der Waals surface area contributed by atoms with Gasteiger partial charge in [-0.05, 0) is 18.6 Å². The van der Waals surface area contributed by atoms with Gasteiger partial charge in [0, 0.05) is 6.04 Å². The molecule has 124 valence electrons. The van der Waals surface area contributed by atoms with Crippen molar-refractivity contribution >= 4 is 37.3 Å². The van der Waals surface area contributed by atoms with Gasteiger partial charge in [0.1, 0.15) is 11.6 Å². The Morgan fingerprint density at radius 2 is 2.22 bits per heavy atom. The highest BCUT2D eigenvalue weighted by Crippen LogP contribution is 2.20. The molecular formula is C15H20N3O3S2+. The third-order valence-corrected chi connectivity index (χ3v) is 6.66. The first-order chi connectivity index (χ1) is 10.9. The lowest BCUT2D eigenvalue weighted by molar-refractivity contribution is -0.885. The second-order valence-corrected chi connectivity index (χ2v) is 9.40. The number of carbonyl (C=O) groups is 1. The van der Waals surface area contributed by atoms with Crippen molar-refractivity contribution in [2.24, 2.45) is 0 Å². The number of sulfone groups is 1. The van der Waals surface area contributed by atoms with Crippen molar-refractivity contribution in [1.29, 1.82) is 0 Å². The van der Waals surface area contributed by atoms with Crippen LogP contribution in [0.4, 0.5) is 0 Å². The van der Waals surface area contributed by atoms with Crippen LogP contribution in [0.25, 0.3) is 10.2 Å². The minimum atomic E-state index is -2.96. The molecule has 2 heterocycles. The van der Waals surface area contributed by atoms with Crippen LogP contribution in [0.3, 0.4) is 0 Å². The van der Waals surface area contributed by atoms with Crippen LogP contribution in [0, 0.1) is 0 Å². The summed E-state index contributed by atoms with van der Waals surface area (Å²) in [4.78, 5) is 17.6. The summed E-state index contributed by atoms with van der Waals surface area (Å²) in [7, 11) is -1.02. The van der Waals surface area contributed by atoms with Crippen molar-refractivity contribution in [2.75, 3.05) is 25.1 Å². The highest BCUT2D eigenvalue weighted by atomic mass is 32.2. The molecule has 1 unspecified atom stereocenters. The predicted molar refractivity (Wildman–Crippen MR) is 90.3 cm³/mol. The summed E-state index contributed by atoms with van der Waals surface area (Å²) in [5, 5.41) is 3.82. The van der Waals surface area contributed by atoms with Gasteiger partial charge in [0.25, 0.3) is 5.91 Å². The molecule has 2 aromatic rings. The number of thiazole rings is 1. The smallest absolute Gasteiger partial charge is 0.275 e. The SMILES string of the molecule is C[NH+](CC(=O)N[C@@H]1CCS(=O)(=O)C1)Cc1nc2ccccc2s1. The zero-order valence-corrected chi connectivity index (χ0v) is 14.5. The van der Waals surface area contributed by atoms with E-state index in [1.807, 2.05) is 31.3 Å². The fraction of sp³-hybridized carbons (Fsp3) is 0.467. The lowest BCUT2D eigenvalue weighted by Gasteiger charge is -2.14. The normalized spacial score (nSPS) is 21.3. The highest BCUT2D eigenvalue weighted by molar-refractivity contribution is 7.91. The van der Waals surface area contributed by atoms with Crippen LogP contribution < -0.4 is 10.2 Å². The molecule has 0 saturated carbocycles.